The van der Waals surface area contributed by atoms with Gasteiger partial charge in [0.05, 0.1) is 0 Å². The average Bonchev–Trinajstić information content (AvgIpc) is 3.08. The molecule has 3 N–H and O–H groups in total. The van der Waals surface area contributed by atoms with Gasteiger partial charge in [-0.1, -0.05) is 66.7 Å². The number of rotatable bonds is 6. The van der Waals surface area contributed by atoms with Gasteiger partial charge >= 0.3 is 6.09 Å². The Hall–Kier alpha value is -3.73. The van der Waals surface area contributed by atoms with Crippen molar-refractivity contribution in [3.63, 3.8) is 0 Å². The molecule has 30 heavy (non-hydrogen) atoms. The molecule has 1 amide bonds. The van der Waals surface area contributed by atoms with Gasteiger partial charge in [0.1, 0.15) is 6.61 Å². The monoisotopic (exact) mass is 401 g/mol. The fourth-order valence-electron chi connectivity index (χ4n) is 3.77. The summed E-state index contributed by atoms with van der Waals surface area (Å²) < 4.78 is 5.50. The first-order valence-electron chi connectivity index (χ1n) is 9.91. The number of aromatic hydroxyl groups is 2. The highest BCUT2D eigenvalue weighted by Gasteiger charge is 2.28. The van der Waals surface area contributed by atoms with Crippen LogP contribution in [0.4, 0.5) is 4.79 Å². The summed E-state index contributed by atoms with van der Waals surface area (Å²) in [5, 5.41) is 21.6. The Bertz CT molecular complexity index is 1040. The van der Waals surface area contributed by atoms with E-state index in [1.807, 2.05) is 36.4 Å². The Balaban J connectivity index is 1.27. The summed E-state index contributed by atoms with van der Waals surface area (Å²) in [6, 6.07) is 21.1. The van der Waals surface area contributed by atoms with Crippen LogP contribution in [0.2, 0.25) is 0 Å². The summed E-state index contributed by atoms with van der Waals surface area (Å²) in [6.07, 6.45) is 3.88. The molecule has 0 heterocycles. The van der Waals surface area contributed by atoms with Crippen LogP contribution in [-0.2, 0) is 4.74 Å². The minimum atomic E-state index is -0.437. The maximum Gasteiger partial charge on any atom is 0.407 e. The predicted molar refractivity (Wildman–Crippen MR) is 116 cm³/mol. The summed E-state index contributed by atoms with van der Waals surface area (Å²) in [4.78, 5) is 12.1. The van der Waals surface area contributed by atoms with Gasteiger partial charge in [-0.15, -0.1) is 0 Å². The summed E-state index contributed by atoms with van der Waals surface area (Å²) in [6.45, 7) is 0.736. The number of hydrogen-bond acceptors (Lipinski definition) is 4. The Morgan fingerprint density at radius 2 is 1.60 bits per heavy atom. The molecule has 0 fully saturated rings. The second kappa shape index (κ2) is 8.74. The molecule has 0 atom stereocenters. The molecule has 0 radical (unpaired) electrons. The molecule has 1 aliphatic carbocycles. The van der Waals surface area contributed by atoms with Crippen LogP contribution < -0.4 is 5.32 Å². The van der Waals surface area contributed by atoms with Crippen molar-refractivity contribution >= 4 is 12.2 Å². The molecule has 5 nitrogen and oxygen atoms in total. The highest BCUT2D eigenvalue weighted by Crippen LogP contribution is 2.44. The van der Waals surface area contributed by atoms with Crippen molar-refractivity contribution in [3.8, 4) is 22.6 Å². The van der Waals surface area contributed by atoms with Crippen molar-refractivity contribution in [2.24, 2.45) is 0 Å². The van der Waals surface area contributed by atoms with Crippen LogP contribution in [0, 0.1) is 0 Å². The van der Waals surface area contributed by atoms with Gasteiger partial charge in [-0.3, -0.25) is 0 Å². The number of phenols is 2. The summed E-state index contributed by atoms with van der Waals surface area (Å²) >= 11 is 0. The molecule has 0 saturated carbocycles. The number of ether oxygens (including phenoxy) is 1. The number of amides is 1. The normalized spacial score (nSPS) is 12.5. The standard InChI is InChI=1S/C25H23NO4/c27-23-13-12-17(15-24(23)28)7-5-6-14-26-25(29)30-16-22-20-10-3-1-8-18(20)19-9-2-4-11-21(19)22/h1-5,7-13,15,22,27-28H,6,14,16H2,(H,26,29). The van der Waals surface area contributed by atoms with E-state index in [1.54, 1.807) is 6.07 Å². The first kappa shape index (κ1) is 19.6. The van der Waals surface area contributed by atoms with E-state index in [-0.39, 0.29) is 17.4 Å². The van der Waals surface area contributed by atoms with Crippen LogP contribution in [-0.4, -0.2) is 29.5 Å². The van der Waals surface area contributed by atoms with Gasteiger partial charge in [0, 0.05) is 12.5 Å². The third kappa shape index (κ3) is 4.15. The molecule has 0 saturated heterocycles. The molecule has 3 aromatic rings. The lowest BCUT2D eigenvalue weighted by Crippen LogP contribution is -2.26. The summed E-state index contributed by atoms with van der Waals surface area (Å²) in [7, 11) is 0. The zero-order valence-corrected chi connectivity index (χ0v) is 16.4. The highest BCUT2D eigenvalue weighted by molar-refractivity contribution is 5.79. The number of phenolic OH excluding ortho intramolecular Hbond substituents is 2. The van der Waals surface area contributed by atoms with E-state index in [0.717, 1.165) is 5.56 Å². The van der Waals surface area contributed by atoms with E-state index in [9.17, 15) is 15.0 Å². The zero-order chi connectivity index (χ0) is 20.9. The van der Waals surface area contributed by atoms with Gasteiger partial charge in [-0.25, -0.2) is 4.79 Å². The maximum absolute atomic E-state index is 12.1. The van der Waals surface area contributed by atoms with Crippen molar-refractivity contribution in [2.75, 3.05) is 13.2 Å². The van der Waals surface area contributed by atoms with E-state index in [4.69, 9.17) is 4.74 Å². The Labute approximate surface area is 175 Å². The molecule has 3 aromatic carbocycles. The van der Waals surface area contributed by atoms with Gasteiger partial charge in [0.25, 0.3) is 0 Å². The molecule has 0 unspecified atom stereocenters. The fourth-order valence-corrected chi connectivity index (χ4v) is 3.77. The van der Waals surface area contributed by atoms with Crippen LogP contribution in [0.5, 0.6) is 11.5 Å². The van der Waals surface area contributed by atoms with Gasteiger partial charge in [-0.05, 0) is 46.4 Å². The first-order chi connectivity index (χ1) is 14.6. The maximum atomic E-state index is 12.1. The SMILES string of the molecule is O=C(NCCC=Cc1ccc(O)c(O)c1)OCC1c2ccccc2-c2ccccc21. The van der Waals surface area contributed by atoms with Crippen molar-refractivity contribution < 1.29 is 19.7 Å². The lowest BCUT2D eigenvalue weighted by Gasteiger charge is -2.14. The summed E-state index contributed by atoms with van der Waals surface area (Å²) in [5.74, 6) is -0.261. The smallest absolute Gasteiger partial charge is 0.407 e. The molecule has 0 bridgehead atoms. The number of nitrogens with one attached hydrogen (secondary N) is 1. The first-order valence-corrected chi connectivity index (χ1v) is 9.91. The van der Waals surface area contributed by atoms with Gasteiger partial charge < -0.3 is 20.3 Å². The van der Waals surface area contributed by atoms with E-state index in [0.29, 0.717) is 19.6 Å². The lowest BCUT2D eigenvalue weighted by molar-refractivity contribution is 0.143. The molecule has 152 valence electrons. The quantitative estimate of drug-likeness (QED) is 0.399. The van der Waals surface area contributed by atoms with E-state index in [2.05, 4.69) is 29.6 Å². The van der Waals surface area contributed by atoms with Gasteiger partial charge in [0.15, 0.2) is 11.5 Å². The second-order valence-corrected chi connectivity index (χ2v) is 7.19. The molecular formula is C25H23NO4. The molecule has 1 aliphatic rings. The molecule has 0 aliphatic heterocycles. The van der Waals surface area contributed by atoms with Crippen LogP contribution in [0.25, 0.3) is 17.2 Å². The fraction of sp³-hybridized carbons (Fsp3) is 0.160. The molecule has 0 spiro atoms. The lowest BCUT2D eigenvalue weighted by atomic mass is 9.98. The molecule has 4 rings (SSSR count). The topological polar surface area (TPSA) is 78.8 Å². The van der Waals surface area contributed by atoms with Crippen molar-refractivity contribution in [2.45, 2.75) is 12.3 Å². The van der Waals surface area contributed by atoms with Crippen molar-refractivity contribution in [1.29, 1.82) is 0 Å². The minimum Gasteiger partial charge on any atom is -0.504 e. The number of hydrogen-bond donors (Lipinski definition) is 3. The van der Waals surface area contributed by atoms with Crippen molar-refractivity contribution in [1.82, 2.24) is 5.32 Å². The predicted octanol–water partition coefficient (Wildman–Crippen LogP) is 5.04. The van der Waals surface area contributed by atoms with Crippen LogP contribution in [0.15, 0.2) is 72.8 Å². The summed E-state index contributed by atoms with van der Waals surface area (Å²) in [5.41, 5.74) is 5.55. The van der Waals surface area contributed by atoms with E-state index >= 15 is 0 Å². The van der Waals surface area contributed by atoms with Gasteiger partial charge in [0.2, 0.25) is 0 Å². The second-order valence-electron chi connectivity index (χ2n) is 7.19. The largest absolute Gasteiger partial charge is 0.504 e. The Kier molecular flexibility index (Phi) is 5.70. The minimum absolute atomic E-state index is 0.0465. The van der Waals surface area contributed by atoms with Crippen molar-refractivity contribution in [3.05, 3.63) is 89.5 Å². The highest BCUT2D eigenvalue weighted by atomic mass is 16.5. The number of carbonyl (C=O) groups is 1. The van der Waals surface area contributed by atoms with Gasteiger partial charge in [-0.2, -0.15) is 0 Å². The number of fused-ring (bicyclic) bond motifs is 3. The van der Waals surface area contributed by atoms with Crippen LogP contribution in [0.3, 0.4) is 0 Å². The van der Waals surface area contributed by atoms with Crippen LogP contribution >= 0.6 is 0 Å². The third-order valence-corrected chi connectivity index (χ3v) is 5.23. The van der Waals surface area contributed by atoms with Crippen LogP contribution in [0.1, 0.15) is 29.0 Å². The van der Waals surface area contributed by atoms with E-state index in [1.165, 1.54) is 34.4 Å². The molecule has 5 heteroatoms. The zero-order valence-electron chi connectivity index (χ0n) is 16.4. The number of alkyl carbamates (subject to hydrolysis) is 1. The third-order valence-electron chi connectivity index (χ3n) is 5.23. The Morgan fingerprint density at radius 3 is 2.27 bits per heavy atom. The number of benzene rings is 3. The average molecular weight is 401 g/mol. The Morgan fingerprint density at radius 1 is 0.933 bits per heavy atom. The van der Waals surface area contributed by atoms with E-state index < -0.39 is 6.09 Å². The molecule has 0 aromatic heterocycles. The number of carbonyl (C=O) groups excluding carboxylic acids is 1. The molecular weight excluding hydrogens is 378 g/mol.